The minimum atomic E-state index is -0.442. The van der Waals surface area contributed by atoms with E-state index in [0.29, 0.717) is 22.6 Å². The Morgan fingerprint density at radius 2 is 2.33 bits per heavy atom. The third-order valence-electron chi connectivity index (χ3n) is 4.41. The van der Waals surface area contributed by atoms with Gasteiger partial charge in [0.05, 0.1) is 16.1 Å². The summed E-state index contributed by atoms with van der Waals surface area (Å²) >= 11 is 3.25. The summed E-state index contributed by atoms with van der Waals surface area (Å²) in [5.41, 5.74) is 2.94. The van der Waals surface area contributed by atoms with Crippen LogP contribution in [0.25, 0.3) is 0 Å². The van der Waals surface area contributed by atoms with Gasteiger partial charge >= 0.3 is 0 Å². The van der Waals surface area contributed by atoms with Gasteiger partial charge in [0.25, 0.3) is 0 Å². The van der Waals surface area contributed by atoms with Crippen LogP contribution < -0.4 is 11.3 Å². The molecule has 3 nitrogen and oxygen atoms in total. The Kier molecular flexibility index (Phi) is 5.77. The van der Waals surface area contributed by atoms with Crippen LogP contribution in [0.15, 0.2) is 22.7 Å². The highest BCUT2D eigenvalue weighted by atomic mass is 79.9. The molecule has 3 unspecified atom stereocenters. The Balaban J connectivity index is 2.42. The standard InChI is InChI=1S/C16H24BrFN2O/c1-3-21-16(9-5-6-11(2)10-16)15(20-19)12-7-4-8-13(17)14(12)18/h4,7-8,11,15,20H,3,5-6,9-10,19H2,1-2H3. The van der Waals surface area contributed by atoms with Gasteiger partial charge in [-0.05, 0) is 47.7 Å². The molecular formula is C16H24BrFN2O. The van der Waals surface area contributed by atoms with Crippen LogP contribution in [0.4, 0.5) is 4.39 Å². The molecule has 0 aromatic heterocycles. The van der Waals surface area contributed by atoms with Crippen LogP contribution in [0.5, 0.6) is 0 Å². The third-order valence-corrected chi connectivity index (χ3v) is 5.02. The highest BCUT2D eigenvalue weighted by molar-refractivity contribution is 9.10. The molecule has 1 aromatic rings. The number of rotatable bonds is 5. The van der Waals surface area contributed by atoms with Gasteiger partial charge in [-0.2, -0.15) is 0 Å². The molecule has 1 aliphatic carbocycles. The van der Waals surface area contributed by atoms with Gasteiger partial charge in [-0.25, -0.2) is 9.82 Å². The maximum atomic E-state index is 14.5. The fourth-order valence-electron chi connectivity index (χ4n) is 3.58. The maximum absolute atomic E-state index is 14.5. The van der Waals surface area contributed by atoms with E-state index in [-0.39, 0.29) is 11.9 Å². The summed E-state index contributed by atoms with van der Waals surface area (Å²) in [5, 5.41) is 0. The third kappa shape index (κ3) is 3.47. The van der Waals surface area contributed by atoms with Gasteiger partial charge < -0.3 is 4.74 Å². The van der Waals surface area contributed by atoms with E-state index in [1.807, 2.05) is 13.0 Å². The first kappa shape index (κ1) is 16.9. The van der Waals surface area contributed by atoms with Crippen molar-refractivity contribution in [2.75, 3.05) is 6.61 Å². The van der Waals surface area contributed by atoms with Crippen LogP contribution in [-0.4, -0.2) is 12.2 Å². The Hall–Kier alpha value is -0.490. The molecule has 1 fully saturated rings. The van der Waals surface area contributed by atoms with E-state index in [1.54, 1.807) is 12.1 Å². The first-order chi connectivity index (χ1) is 10.0. The van der Waals surface area contributed by atoms with Gasteiger partial charge in [0.1, 0.15) is 5.82 Å². The van der Waals surface area contributed by atoms with Crippen LogP contribution >= 0.6 is 15.9 Å². The highest BCUT2D eigenvalue weighted by Crippen LogP contribution is 2.44. The number of hydrogen-bond acceptors (Lipinski definition) is 3. The van der Waals surface area contributed by atoms with Gasteiger partial charge in [0, 0.05) is 12.2 Å². The van der Waals surface area contributed by atoms with Crippen LogP contribution in [0.2, 0.25) is 0 Å². The molecule has 1 aliphatic rings. The molecule has 5 heteroatoms. The zero-order valence-corrected chi connectivity index (χ0v) is 14.2. The minimum absolute atomic E-state index is 0.266. The van der Waals surface area contributed by atoms with Crippen molar-refractivity contribution in [3.05, 3.63) is 34.1 Å². The summed E-state index contributed by atoms with van der Waals surface area (Å²) < 4.78 is 21.1. The number of halogens is 2. The van der Waals surface area contributed by atoms with Crippen LogP contribution in [0.3, 0.4) is 0 Å². The monoisotopic (exact) mass is 358 g/mol. The lowest BCUT2D eigenvalue weighted by atomic mass is 9.72. The van der Waals surface area contributed by atoms with Gasteiger partial charge in [0.15, 0.2) is 0 Å². The lowest BCUT2D eigenvalue weighted by molar-refractivity contribution is -0.102. The fourth-order valence-corrected chi connectivity index (χ4v) is 3.96. The lowest BCUT2D eigenvalue weighted by Gasteiger charge is -2.45. The quantitative estimate of drug-likeness (QED) is 0.615. The van der Waals surface area contributed by atoms with Crippen molar-refractivity contribution in [2.24, 2.45) is 11.8 Å². The van der Waals surface area contributed by atoms with Crippen molar-refractivity contribution in [3.63, 3.8) is 0 Å². The maximum Gasteiger partial charge on any atom is 0.142 e. The number of benzene rings is 1. The van der Waals surface area contributed by atoms with E-state index in [4.69, 9.17) is 10.6 Å². The van der Waals surface area contributed by atoms with E-state index in [9.17, 15) is 4.39 Å². The molecule has 3 atom stereocenters. The molecule has 0 aliphatic heterocycles. The molecule has 2 rings (SSSR count). The molecule has 1 saturated carbocycles. The predicted octanol–water partition coefficient (Wildman–Crippen LogP) is 4.08. The molecule has 0 spiro atoms. The van der Waals surface area contributed by atoms with Crippen molar-refractivity contribution in [2.45, 2.75) is 51.2 Å². The number of ether oxygens (including phenoxy) is 1. The highest BCUT2D eigenvalue weighted by Gasteiger charge is 2.44. The molecule has 0 amide bonds. The average molecular weight is 359 g/mol. The zero-order valence-electron chi connectivity index (χ0n) is 12.7. The second kappa shape index (κ2) is 7.18. The van der Waals surface area contributed by atoms with E-state index < -0.39 is 5.60 Å². The van der Waals surface area contributed by atoms with Crippen molar-refractivity contribution >= 4 is 15.9 Å². The fraction of sp³-hybridized carbons (Fsp3) is 0.625. The normalized spacial score (nSPS) is 27.6. The molecule has 1 aromatic carbocycles. The van der Waals surface area contributed by atoms with Crippen molar-refractivity contribution in [3.8, 4) is 0 Å². The number of hydrogen-bond donors (Lipinski definition) is 2. The number of nitrogens with one attached hydrogen (secondary N) is 1. The van der Waals surface area contributed by atoms with Gasteiger partial charge in [-0.1, -0.05) is 31.9 Å². The van der Waals surface area contributed by atoms with E-state index in [2.05, 4.69) is 28.3 Å². The average Bonchev–Trinajstić information content (AvgIpc) is 2.44. The van der Waals surface area contributed by atoms with E-state index in [0.717, 1.165) is 19.3 Å². The Morgan fingerprint density at radius 3 is 2.95 bits per heavy atom. The topological polar surface area (TPSA) is 47.3 Å². The molecule has 21 heavy (non-hydrogen) atoms. The smallest absolute Gasteiger partial charge is 0.142 e. The molecule has 0 saturated heterocycles. The lowest BCUT2D eigenvalue weighted by Crippen LogP contribution is -2.51. The molecular weight excluding hydrogens is 335 g/mol. The number of nitrogens with two attached hydrogens (primary N) is 1. The first-order valence-corrected chi connectivity index (χ1v) is 8.37. The summed E-state index contributed by atoms with van der Waals surface area (Å²) in [4.78, 5) is 0. The second-order valence-corrected chi connectivity index (χ2v) is 6.80. The Bertz CT molecular complexity index is 481. The van der Waals surface area contributed by atoms with Crippen LogP contribution in [0.1, 0.15) is 51.1 Å². The predicted molar refractivity (Wildman–Crippen MR) is 86.2 cm³/mol. The summed E-state index contributed by atoms with van der Waals surface area (Å²) in [6, 6.07) is 4.96. The minimum Gasteiger partial charge on any atom is -0.373 e. The Labute approximate surface area is 134 Å². The SMILES string of the molecule is CCOC1(C(NN)c2cccc(Br)c2F)CCCC(C)C1. The Morgan fingerprint density at radius 1 is 1.57 bits per heavy atom. The number of hydrazine groups is 1. The van der Waals surface area contributed by atoms with Crippen molar-refractivity contribution < 1.29 is 9.13 Å². The van der Waals surface area contributed by atoms with Crippen LogP contribution in [0, 0.1) is 11.7 Å². The van der Waals surface area contributed by atoms with Crippen LogP contribution in [-0.2, 0) is 4.74 Å². The summed E-state index contributed by atoms with van der Waals surface area (Å²) in [7, 11) is 0. The zero-order chi connectivity index (χ0) is 15.5. The van der Waals surface area contributed by atoms with Gasteiger partial charge in [-0.3, -0.25) is 5.84 Å². The van der Waals surface area contributed by atoms with Gasteiger partial charge in [-0.15, -0.1) is 0 Å². The van der Waals surface area contributed by atoms with Crippen molar-refractivity contribution in [1.82, 2.24) is 5.43 Å². The first-order valence-electron chi connectivity index (χ1n) is 7.58. The molecule has 118 valence electrons. The largest absolute Gasteiger partial charge is 0.373 e. The van der Waals surface area contributed by atoms with E-state index >= 15 is 0 Å². The second-order valence-electron chi connectivity index (χ2n) is 5.94. The molecule has 0 heterocycles. The molecule has 3 N–H and O–H groups in total. The molecule has 0 radical (unpaired) electrons. The van der Waals surface area contributed by atoms with Gasteiger partial charge in [0.2, 0.25) is 0 Å². The summed E-state index contributed by atoms with van der Waals surface area (Å²) in [6.07, 6.45) is 4.05. The summed E-state index contributed by atoms with van der Waals surface area (Å²) in [6.45, 7) is 4.80. The van der Waals surface area contributed by atoms with E-state index in [1.165, 1.54) is 6.42 Å². The van der Waals surface area contributed by atoms with Crippen molar-refractivity contribution in [1.29, 1.82) is 0 Å². The molecule has 0 bridgehead atoms. The summed E-state index contributed by atoms with van der Waals surface area (Å²) in [5.74, 6) is 6.09.